The number of thiocarbonyl (C=S) groups is 1. The summed E-state index contributed by atoms with van der Waals surface area (Å²) in [4.78, 5) is 8.01. The van der Waals surface area contributed by atoms with E-state index in [0.29, 0.717) is 12.2 Å². The van der Waals surface area contributed by atoms with Gasteiger partial charge in [-0.3, -0.25) is 0 Å². The van der Waals surface area contributed by atoms with Gasteiger partial charge in [0, 0.05) is 17.7 Å². The van der Waals surface area contributed by atoms with Crippen LogP contribution in [0.4, 0.5) is 0 Å². The van der Waals surface area contributed by atoms with E-state index >= 15 is 0 Å². The Morgan fingerprint density at radius 2 is 2.16 bits per heavy atom. The van der Waals surface area contributed by atoms with Crippen LogP contribution >= 0.6 is 23.6 Å². The van der Waals surface area contributed by atoms with E-state index in [1.165, 1.54) is 30.6 Å². The van der Waals surface area contributed by atoms with E-state index in [0.717, 1.165) is 54.0 Å². The molecule has 1 aromatic rings. The lowest BCUT2D eigenvalue weighted by atomic mass is 9.62. The highest BCUT2D eigenvalue weighted by atomic mass is 32.1. The Kier molecular flexibility index (Phi) is 4.15. The average Bonchev–Trinajstić information content (AvgIpc) is 3.16. The molecule has 4 bridgehead atoms. The number of hydrogen-bond donors (Lipinski definition) is 0. The highest BCUT2D eigenvalue weighted by Gasteiger charge is 2.54. The molecule has 4 heterocycles. The quantitative estimate of drug-likeness (QED) is 0.754. The van der Waals surface area contributed by atoms with Gasteiger partial charge in [0.1, 0.15) is 10.6 Å². The standard InChI is InChI=1S/C19H26N2O2S2/c1-12-10-21(11-15-3-2-4-22-15)18(25-12)20-17(24)19-8-13-5-14(9-19)7-16(6-13)23-19/h10,13-16H,2-9,11H2,1H3/t13?,14?,15-,16?,19?/m1/s1. The summed E-state index contributed by atoms with van der Waals surface area (Å²) in [5.41, 5.74) is -0.260. The van der Waals surface area contributed by atoms with Gasteiger partial charge in [-0.1, -0.05) is 12.2 Å². The van der Waals surface area contributed by atoms with Crippen LogP contribution in [-0.4, -0.2) is 34.0 Å². The third-order valence-electron chi connectivity index (χ3n) is 6.34. The minimum absolute atomic E-state index is 0.260. The molecule has 2 unspecified atom stereocenters. The largest absolute Gasteiger partial charge is 0.376 e. The van der Waals surface area contributed by atoms with Gasteiger partial charge in [-0.15, -0.1) is 11.3 Å². The molecule has 5 aliphatic rings. The monoisotopic (exact) mass is 378 g/mol. The van der Waals surface area contributed by atoms with Gasteiger partial charge < -0.3 is 14.0 Å². The summed E-state index contributed by atoms with van der Waals surface area (Å²) < 4.78 is 14.5. The van der Waals surface area contributed by atoms with Gasteiger partial charge >= 0.3 is 0 Å². The molecule has 0 amide bonds. The number of ether oxygens (including phenoxy) is 2. The first kappa shape index (κ1) is 16.6. The van der Waals surface area contributed by atoms with Gasteiger partial charge in [0.15, 0.2) is 4.80 Å². The van der Waals surface area contributed by atoms with Gasteiger partial charge in [0.25, 0.3) is 0 Å². The molecule has 3 saturated heterocycles. The van der Waals surface area contributed by atoms with Crippen LogP contribution in [0, 0.1) is 18.8 Å². The van der Waals surface area contributed by atoms with Gasteiger partial charge in [-0.2, -0.15) is 0 Å². The lowest BCUT2D eigenvalue weighted by molar-refractivity contribution is -0.185. The number of aromatic nitrogens is 1. The molecule has 3 aliphatic heterocycles. The lowest BCUT2D eigenvalue weighted by Gasteiger charge is -2.55. The smallest absolute Gasteiger partial charge is 0.190 e. The van der Waals surface area contributed by atoms with Crippen molar-refractivity contribution in [1.29, 1.82) is 0 Å². The van der Waals surface area contributed by atoms with Crippen LogP contribution in [0.15, 0.2) is 11.2 Å². The maximum Gasteiger partial charge on any atom is 0.190 e. The molecule has 2 aliphatic carbocycles. The van der Waals surface area contributed by atoms with Crippen molar-refractivity contribution in [1.82, 2.24) is 4.57 Å². The zero-order valence-electron chi connectivity index (χ0n) is 14.8. The average molecular weight is 379 g/mol. The van der Waals surface area contributed by atoms with Crippen LogP contribution in [0.5, 0.6) is 0 Å². The fourth-order valence-electron chi connectivity index (χ4n) is 5.51. The van der Waals surface area contributed by atoms with Crippen molar-refractivity contribution < 1.29 is 9.47 Å². The Morgan fingerprint density at radius 1 is 1.36 bits per heavy atom. The third-order valence-corrected chi connectivity index (χ3v) is 7.73. The van der Waals surface area contributed by atoms with E-state index in [4.69, 9.17) is 26.7 Å². The summed E-state index contributed by atoms with van der Waals surface area (Å²) >= 11 is 7.58. The number of thiazole rings is 1. The highest BCUT2D eigenvalue weighted by molar-refractivity contribution is 7.80. The Labute approximate surface area is 158 Å². The molecule has 6 heteroatoms. The molecule has 4 nitrogen and oxygen atoms in total. The Morgan fingerprint density at radius 3 is 2.84 bits per heavy atom. The molecule has 0 spiro atoms. The van der Waals surface area contributed by atoms with Crippen LogP contribution in [-0.2, 0) is 16.0 Å². The van der Waals surface area contributed by atoms with E-state index in [2.05, 4.69) is 17.7 Å². The first-order valence-electron chi connectivity index (χ1n) is 9.65. The molecule has 25 heavy (non-hydrogen) atoms. The number of aryl methyl sites for hydroxylation is 1. The number of rotatable bonds is 3. The molecule has 0 N–H and O–H groups in total. The molecule has 3 atom stereocenters. The molecule has 2 saturated carbocycles. The van der Waals surface area contributed by atoms with Crippen molar-refractivity contribution in [2.45, 2.75) is 76.2 Å². The number of hydrogen-bond acceptors (Lipinski definition) is 4. The molecular weight excluding hydrogens is 352 g/mol. The zero-order chi connectivity index (χ0) is 17.0. The second kappa shape index (κ2) is 6.25. The van der Waals surface area contributed by atoms with E-state index in [9.17, 15) is 0 Å². The third kappa shape index (κ3) is 3.05. The zero-order valence-corrected chi connectivity index (χ0v) is 16.4. The fourth-order valence-corrected chi connectivity index (χ4v) is 6.72. The van der Waals surface area contributed by atoms with Gasteiger partial charge in [-0.05, 0) is 63.7 Å². The highest BCUT2D eigenvalue weighted by Crippen LogP contribution is 2.53. The second-order valence-corrected chi connectivity index (χ2v) is 10.0. The predicted octanol–water partition coefficient (Wildman–Crippen LogP) is 3.61. The van der Waals surface area contributed by atoms with E-state index < -0.39 is 0 Å². The first-order valence-corrected chi connectivity index (χ1v) is 10.9. The molecule has 5 fully saturated rings. The lowest BCUT2D eigenvalue weighted by Crippen LogP contribution is -2.58. The summed E-state index contributed by atoms with van der Waals surface area (Å²) in [5.74, 6) is 1.59. The summed E-state index contributed by atoms with van der Waals surface area (Å²) in [6, 6.07) is 0. The van der Waals surface area contributed by atoms with Gasteiger partial charge in [-0.25, -0.2) is 4.99 Å². The molecule has 1 aromatic heterocycles. The van der Waals surface area contributed by atoms with Crippen molar-refractivity contribution in [2.24, 2.45) is 16.8 Å². The SMILES string of the molecule is Cc1cn(C[C@H]2CCCO2)c(=NC(=S)C23CC4CC(CC(C4)O2)C3)s1. The van der Waals surface area contributed by atoms with Crippen molar-refractivity contribution in [3.63, 3.8) is 0 Å². The maximum absolute atomic E-state index is 6.46. The van der Waals surface area contributed by atoms with Crippen LogP contribution in [0.3, 0.4) is 0 Å². The van der Waals surface area contributed by atoms with Crippen molar-refractivity contribution in [3.05, 3.63) is 15.9 Å². The van der Waals surface area contributed by atoms with Crippen LogP contribution in [0.25, 0.3) is 0 Å². The van der Waals surface area contributed by atoms with Crippen molar-refractivity contribution >= 4 is 28.5 Å². The molecule has 6 rings (SSSR count). The first-order chi connectivity index (χ1) is 12.1. The van der Waals surface area contributed by atoms with Gasteiger partial charge in [0.2, 0.25) is 0 Å². The van der Waals surface area contributed by atoms with E-state index in [1.54, 1.807) is 11.3 Å². The molecular formula is C19H26N2O2S2. The minimum atomic E-state index is -0.260. The Hall–Kier alpha value is -0.560. The van der Waals surface area contributed by atoms with Crippen LogP contribution < -0.4 is 4.80 Å². The maximum atomic E-state index is 6.46. The summed E-state index contributed by atoms with van der Waals surface area (Å²) in [5, 5.41) is 0. The van der Waals surface area contributed by atoms with E-state index in [-0.39, 0.29) is 5.60 Å². The molecule has 0 aromatic carbocycles. The fraction of sp³-hybridized carbons (Fsp3) is 0.789. The van der Waals surface area contributed by atoms with Gasteiger partial charge in [0.05, 0.1) is 18.8 Å². The molecule has 136 valence electrons. The molecule has 0 radical (unpaired) electrons. The summed E-state index contributed by atoms with van der Waals surface area (Å²) in [7, 11) is 0. The summed E-state index contributed by atoms with van der Waals surface area (Å²) in [6.07, 6.45) is 11.2. The minimum Gasteiger partial charge on any atom is -0.376 e. The predicted molar refractivity (Wildman–Crippen MR) is 102 cm³/mol. The second-order valence-electron chi connectivity index (χ2n) is 8.41. The number of nitrogens with zero attached hydrogens (tertiary/aromatic N) is 2. The van der Waals surface area contributed by atoms with Crippen molar-refractivity contribution in [3.8, 4) is 0 Å². The Bertz CT molecular complexity index is 710. The van der Waals surface area contributed by atoms with E-state index in [1.807, 2.05) is 0 Å². The van der Waals surface area contributed by atoms with Crippen LogP contribution in [0.1, 0.15) is 49.8 Å². The van der Waals surface area contributed by atoms with Crippen molar-refractivity contribution in [2.75, 3.05) is 6.61 Å². The van der Waals surface area contributed by atoms with Crippen LogP contribution in [0.2, 0.25) is 0 Å². The summed E-state index contributed by atoms with van der Waals surface area (Å²) in [6.45, 7) is 3.91. The Balaban J connectivity index is 1.43. The normalized spacial score (nSPS) is 40.1. The topological polar surface area (TPSA) is 35.8 Å².